The third-order valence-electron chi connectivity index (χ3n) is 3.13. The van der Waals surface area contributed by atoms with E-state index in [9.17, 15) is 13.2 Å². The number of carboxylic acids is 1. The van der Waals surface area contributed by atoms with Gasteiger partial charge in [-0.05, 0) is 42.2 Å². The van der Waals surface area contributed by atoms with Crippen LogP contribution in [0.5, 0.6) is 0 Å². The van der Waals surface area contributed by atoms with E-state index in [1.54, 1.807) is 24.3 Å². The number of hydrogen-bond donors (Lipinski definition) is 1. The van der Waals surface area contributed by atoms with Crippen molar-refractivity contribution in [2.24, 2.45) is 5.92 Å². The van der Waals surface area contributed by atoms with Gasteiger partial charge in [-0.3, -0.25) is 0 Å². The first-order valence-corrected chi connectivity index (χ1v) is 8.57. The van der Waals surface area contributed by atoms with Crippen LogP contribution in [0, 0.1) is 5.92 Å². The third kappa shape index (κ3) is 3.98. The fourth-order valence-corrected chi connectivity index (χ4v) is 3.39. The van der Waals surface area contributed by atoms with Gasteiger partial charge in [0.15, 0.2) is 9.84 Å². The summed E-state index contributed by atoms with van der Waals surface area (Å²) in [6.07, 6.45) is 0.889. The molecule has 0 aliphatic carbocycles. The van der Waals surface area contributed by atoms with Gasteiger partial charge in [0, 0.05) is 0 Å². The highest BCUT2D eigenvalue weighted by Gasteiger charge is 2.19. The summed E-state index contributed by atoms with van der Waals surface area (Å²) < 4.78 is 29.6. The average Bonchev–Trinajstić information content (AvgIpc) is 2.86. The van der Waals surface area contributed by atoms with E-state index in [0.717, 1.165) is 12.0 Å². The normalized spacial score (nSPS) is 11.8. The number of rotatable bonds is 6. The van der Waals surface area contributed by atoms with E-state index in [0.29, 0.717) is 5.92 Å². The fourth-order valence-electron chi connectivity index (χ4n) is 2.15. The summed E-state index contributed by atoms with van der Waals surface area (Å²) in [6.45, 7) is 4.20. The van der Waals surface area contributed by atoms with Crippen molar-refractivity contribution in [2.75, 3.05) is 0 Å². The molecule has 0 radical (unpaired) electrons. The molecule has 1 aromatic carbocycles. The highest BCUT2D eigenvalue weighted by Crippen LogP contribution is 2.19. The summed E-state index contributed by atoms with van der Waals surface area (Å²) in [5, 5.41) is 8.77. The zero-order valence-corrected chi connectivity index (χ0v) is 13.3. The van der Waals surface area contributed by atoms with E-state index in [1.165, 1.54) is 12.1 Å². The quantitative estimate of drug-likeness (QED) is 0.883. The number of carboxylic acid groups (broad SMARTS) is 1. The van der Waals surface area contributed by atoms with Crippen LogP contribution in [0.25, 0.3) is 0 Å². The molecule has 1 heterocycles. The van der Waals surface area contributed by atoms with Crippen LogP contribution in [-0.4, -0.2) is 19.5 Å². The Morgan fingerprint density at radius 1 is 1.14 bits per heavy atom. The molecule has 0 fully saturated rings. The van der Waals surface area contributed by atoms with Crippen LogP contribution in [0.15, 0.2) is 45.7 Å². The van der Waals surface area contributed by atoms with Gasteiger partial charge in [-0.2, -0.15) is 0 Å². The second-order valence-corrected chi connectivity index (χ2v) is 7.56. The molecule has 0 spiro atoms. The lowest BCUT2D eigenvalue weighted by molar-refractivity contribution is 0.0660. The smallest absolute Gasteiger partial charge is 0.371 e. The summed E-state index contributed by atoms with van der Waals surface area (Å²) in [7, 11) is -3.56. The Morgan fingerprint density at radius 3 is 2.27 bits per heavy atom. The number of hydrogen-bond acceptors (Lipinski definition) is 4. The zero-order chi connectivity index (χ0) is 16.3. The monoisotopic (exact) mass is 322 g/mol. The van der Waals surface area contributed by atoms with Crippen LogP contribution in [0.1, 0.15) is 35.7 Å². The molecular formula is C16H18O5S. The van der Waals surface area contributed by atoms with Crippen molar-refractivity contribution in [3.63, 3.8) is 0 Å². The standard InChI is InChI=1S/C16H18O5S/c1-11(2)9-12-3-6-14(7-4-12)22(19,20)10-13-5-8-15(21-13)16(17)18/h3-8,11H,9-10H2,1-2H3,(H,17,18). The van der Waals surface area contributed by atoms with Crippen molar-refractivity contribution >= 4 is 15.8 Å². The van der Waals surface area contributed by atoms with Gasteiger partial charge in [0.1, 0.15) is 11.5 Å². The van der Waals surface area contributed by atoms with Crippen LogP contribution in [-0.2, 0) is 22.0 Å². The Hall–Kier alpha value is -2.08. The maximum absolute atomic E-state index is 12.3. The molecule has 0 aliphatic heterocycles. The summed E-state index contributed by atoms with van der Waals surface area (Å²) in [4.78, 5) is 10.9. The first kappa shape index (κ1) is 16.3. The topological polar surface area (TPSA) is 84.6 Å². The van der Waals surface area contributed by atoms with E-state index < -0.39 is 15.8 Å². The van der Waals surface area contributed by atoms with Crippen molar-refractivity contribution < 1.29 is 22.7 Å². The second-order valence-electron chi connectivity index (χ2n) is 5.57. The maximum atomic E-state index is 12.3. The van der Waals surface area contributed by atoms with Gasteiger partial charge in [-0.25, -0.2) is 13.2 Å². The van der Waals surface area contributed by atoms with Crippen LogP contribution >= 0.6 is 0 Å². The zero-order valence-electron chi connectivity index (χ0n) is 12.4. The van der Waals surface area contributed by atoms with Gasteiger partial charge in [-0.15, -0.1) is 0 Å². The summed E-state index contributed by atoms with van der Waals surface area (Å²) in [5.74, 6) is -1.23. The maximum Gasteiger partial charge on any atom is 0.371 e. The number of benzene rings is 1. The van der Waals surface area contributed by atoms with Gasteiger partial charge in [-0.1, -0.05) is 26.0 Å². The Kier molecular flexibility index (Phi) is 4.71. The summed E-state index contributed by atoms with van der Waals surface area (Å²) >= 11 is 0. The highest BCUT2D eigenvalue weighted by atomic mass is 32.2. The summed E-state index contributed by atoms with van der Waals surface area (Å²) in [6, 6.07) is 9.38. The van der Waals surface area contributed by atoms with E-state index >= 15 is 0 Å². The van der Waals surface area contributed by atoms with Crippen molar-refractivity contribution in [3.8, 4) is 0 Å². The Labute approximate surface area is 129 Å². The molecular weight excluding hydrogens is 304 g/mol. The lowest BCUT2D eigenvalue weighted by Gasteiger charge is -2.07. The highest BCUT2D eigenvalue weighted by molar-refractivity contribution is 7.90. The van der Waals surface area contributed by atoms with Crippen LogP contribution < -0.4 is 0 Å². The van der Waals surface area contributed by atoms with Crippen LogP contribution in [0.4, 0.5) is 0 Å². The molecule has 0 bridgehead atoms. The van der Waals surface area contributed by atoms with Crippen molar-refractivity contribution in [1.82, 2.24) is 0 Å². The minimum atomic E-state index is -3.56. The van der Waals surface area contributed by atoms with E-state index in [1.807, 2.05) is 0 Å². The summed E-state index contributed by atoms with van der Waals surface area (Å²) in [5.41, 5.74) is 1.08. The first-order valence-electron chi connectivity index (χ1n) is 6.91. The van der Waals surface area contributed by atoms with Gasteiger partial charge < -0.3 is 9.52 Å². The molecule has 0 saturated carbocycles. The lowest BCUT2D eigenvalue weighted by Crippen LogP contribution is -2.05. The number of carbonyl (C=O) groups is 1. The SMILES string of the molecule is CC(C)Cc1ccc(S(=O)(=O)Cc2ccc(C(=O)O)o2)cc1. The van der Waals surface area contributed by atoms with Crippen molar-refractivity contribution in [1.29, 1.82) is 0 Å². The molecule has 5 nitrogen and oxygen atoms in total. The molecule has 0 unspecified atom stereocenters. The Balaban J connectivity index is 2.17. The first-order chi connectivity index (χ1) is 10.3. The third-order valence-corrected chi connectivity index (χ3v) is 4.79. The number of sulfone groups is 1. The largest absolute Gasteiger partial charge is 0.475 e. The van der Waals surface area contributed by atoms with Gasteiger partial charge in [0.25, 0.3) is 0 Å². The molecule has 0 amide bonds. The van der Waals surface area contributed by atoms with Gasteiger partial charge in [0.05, 0.1) is 4.90 Å². The molecule has 0 aliphatic rings. The molecule has 22 heavy (non-hydrogen) atoms. The molecule has 118 valence electrons. The van der Waals surface area contributed by atoms with Crippen molar-refractivity contribution in [2.45, 2.75) is 30.9 Å². The molecule has 0 saturated heterocycles. The molecule has 1 aromatic heterocycles. The predicted molar refractivity (Wildman–Crippen MR) is 81.5 cm³/mol. The fraction of sp³-hybridized carbons (Fsp3) is 0.312. The second kappa shape index (κ2) is 6.36. The molecule has 2 aromatic rings. The molecule has 6 heteroatoms. The van der Waals surface area contributed by atoms with Crippen LogP contribution in [0.3, 0.4) is 0 Å². The van der Waals surface area contributed by atoms with Gasteiger partial charge in [0.2, 0.25) is 5.76 Å². The minimum Gasteiger partial charge on any atom is -0.475 e. The van der Waals surface area contributed by atoms with E-state index in [2.05, 4.69) is 13.8 Å². The number of furan rings is 1. The average molecular weight is 322 g/mol. The van der Waals surface area contributed by atoms with Crippen molar-refractivity contribution in [3.05, 3.63) is 53.5 Å². The predicted octanol–water partition coefficient (Wildman–Crippen LogP) is 3.15. The van der Waals surface area contributed by atoms with E-state index in [4.69, 9.17) is 9.52 Å². The minimum absolute atomic E-state index is 0.114. The molecule has 2 rings (SSSR count). The van der Waals surface area contributed by atoms with Crippen LogP contribution in [0.2, 0.25) is 0 Å². The number of aromatic carboxylic acids is 1. The van der Waals surface area contributed by atoms with Gasteiger partial charge >= 0.3 is 5.97 Å². The molecule has 1 N–H and O–H groups in total. The lowest BCUT2D eigenvalue weighted by atomic mass is 10.0. The van der Waals surface area contributed by atoms with E-state index in [-0.39, 0.29) is 22.2 Å². The molecule has 0 atom stereocenters. The Morgan fingerprint density at radius 2 is 1.77 bits per heavy atom. The Bertz CT molecular complexity index is 754.